The third-order valence-corrected chi connectivity index (χ3v) is 4.95. The Bertz CT molecular complexity index is 766. The third-order valence-electron chi connectivity index (χ3n) is 4.95. The van der Waals surface area contributed by atoms with Crippen molar-refractivity contribution >= 4 is 5.97 Å². The molecule has 1 unspecified atom stereocenters. The number of carboxylic acid groups (broad SMARTS) is 1. The van der Waals surface area contributed by atoms with E-state index in [9.17, 15) is 14.3 Å². The van der Waals surface area contributed by atoms with Crippen LogP contribution in [0, 0.1) is 5.82 Å². The molecule has 0 bridgehead atoms. The predicted octanol–water partition coefficient (Wildman–Crippen LogP) is 3.17. The number of aliphatic carboxylic acids is 1. The topological polar surface area (TPSA) is 53.0 Å². The summed E-state index contributed by atoms with van der Waals surface area (Å²) < 4.78 is 18.3. The van der Waals surface area contributed by atoms with Gasteiger partial charge in [0.1, 0.15) is 17.6 Å². The number of carbonyl (C=O) groups is 1. The summed E-state index contributed by atoms with van der Waals surface area (Å²) in [7, 11) is 1.58. The molecule has 2 aromatic carbocycles. The third kappa shape index (κ3) is 5.05. The van der Waals surface area contributed by atoms with Gasteiger partial charge < -0.3 is 9.84 Å². The zero-order valence-electron chi connectivity index (χ0n) is 15.5. The molecule has 1 N–H and O–H groups in total. The number of benzene rings is 2. The Kier molecular flexibility index (Phi) is 6.42. The summed E-state index contributed by atoms with van der Waals surface area (Å²) in [5.74, 6) is -0.426. The van der Waals surface area contributed by atoms with Crippen LogP contribution in [0.5, 0.6) is 5.75 Å². The number of methoxy groups -OCH3 is 1. The van der Waals surface area contributed by atoms with Crippen molar-refractivity contribution in [1.29, 1.82) is 0 Å². The van der Waals surface area contributed by atoms with Gasteiger partial charge in [-0.3, -0.25) is 14.6 Å². The Labute approximate surface area is 159 Å². The van der Waals surface area contributed by atoms with Crippen molar-refractivity contribution in [2.45, 2.75) is 19.0 Å². The first-order valence-corrected chi connectivity index (χ1v) is 9.14. The standard InChI is InChI=1S/C21H25FN2O3/c1-27-19-5-2-4-17(14-19)20(21(25)26)24-11-3-10-23(12-13-24)15-16-6-8-18(22)9-7-16/h2,4-9,14,20H,3,10-13,15H2,1H3,(H,25,26). The molecular weight excluding hydrogens is 347 g/mol. The van der Waals surface area contributed by atoms with Crippen LogP contribution in [0.1, 0.15) is 23.6 Å². The Morgan fingerprint density at radius 1 is 1.15 bits per heavy atom. The minimum atomic E-state index is -0.852. The van der Waals surface area contributed by atoms with Crippen LogP contribution < -0.4 is 4.74 Å². The Balaban J connectivity index is 1.69. The van der Waals surface area contributed by atoms with Gasteiger partial charge in [-0.05, 0) is 48.4 Å². The fourth-order valence-corrected chi connectivity index (χ4v) is 3.58. The van der Waals surface area contributed by atoms with Crippen LogP contribution in [-0.2, 0) is 11.3 Å². The minimum absolute atomic E-state index is 0.233. The zero-order valence-corrected chi connectivity index (χ0v) is 15.5. The first-order chi connectivity index (χ1) is 13.1. The van der Waals surface area contributed by atoms with Gasteiger partial charge in [-0.15, -0.1) is 0 Å². The summed E-state index contributed by atoms with van der Waals surface area (Å²) in [6, 6.07) is 13.1. The predicted molar refractivity (Wildman–Crippen MR) is 101 cm³/mol. The summed E-state index contributed by atoms with van der Waals surface area (Å²) in [5.41, 5.74) is 1.79. The van der Waals surface area contributed by atoms with Crippen molar-refractivity contribution in [3.63, 3.8) is 0 Å². The lowest BCUT2D eigenvalue weighted by Crippen LogP contribution is -2.37. The second kappa shape index (κ2) is 8.97. The van der Waals surface area contributed by atoms with Gasteiger partial charge in [0, 0.05) is 26.2 Å². The van der Waals surface area contributed by atoms with E-state index in [2.05, 4.69) is 4.90 Å². The van der Waals surface area contributed by atoms with E-state index in [4.69, 9.17) is 4.74 Å². The number of ether oxygens (including phenoxy) is 1. The van der Waals surface area contributed by atoms with E-state index in [1.807, 2.05) is 23.1 Å². The van der Waals surface area contributed by atoms with Crippen LogP contribution in [-0.4, -0.2) is 54.2 Å². The summed E-state index contributed by atoms with van der Waals surface area (Å²) >= 11 is 0. The Hall–Kier alpha value is -2.44. The maximum absolute atomic E-state index is 13.1. The molecule has 0 saturated carbocycles. The fraction of sp³-hybridized carbons (Fsp3) is 0.381. The number of rotatable bonds is 6. The molecule has 1 saturated heterocycles. The van der Waals surface area contributed by atoms with E-state index in [1.54, 1.807) is 25.3 Å². The van der Waals surface area contributed by atoms with Crippen LogP contribution in [0.15, 0.2) is 48.5 Å². The lowest BCUT2D eigenvalue weighted by molar-refractivity contribution is -0.143. The van der Waals surface area contributed by atoms with Gasteiger partial charge in [0.25, 0.3) is 0 Å². The highest BCUT2D eigenvalue weighted by Crippen LogP contribution is 2.26. The van der Waals surface area contributed by atoms with Gasteiger partial charge in [-0.1, -0.05) is 24.3 Å². The summed E-state index contributed by atoms with van der Waals surface area (Å²) in [5, 5.41) is 9.83. The molecule has 6 heteroatoms. The molecule has 5 nitrogen and oxygen atoms in total. The second-order valence-corrected chi connectivity index (χ2v) is 6.81. The van der Waals surface area contributed by atoms with E-state index in [0.29, 0.717) is 18.8 Å². The van der Waals surface area contributed by atoms with Gasteiger partial charge in [0.15, 0.2) is 0 Å². The Morgan fingerprint density at radius 3 is 2.63 bits per heavy atom. The van der Waals surface area contributed by atoms with Gasteiger partial charge in [-0.25, -0.2) is 4.39 Å². The van der Waals surface area contributed by atoms with Crippen LogP contribution in [0.25, 0.3) is 0 Å². The largest absolute Gasteiger partial charge is 0.497 e. The van der Waals surface area contributed by atoms with Gasteiger partial charge in [0.2, 0.25) is 0 Å². The molecule has 2 aromatic rings. The van der Waals surface area contributed by atoms with Gasteiger partial charge in [0.05, 0.1) is 7.11 Å². The van der Waals surface area contributed by atoms with Gasteiger partial charge >= 0.3 is 5.97 Å². The molecule has 144 valence electrons. The normalized spacial score (nSPS) is 17.3. The monoisotopic (exact) mass is 372 g/mol. The lowest BCUT2D eigenvalue weighted by atomic mass is 10.0. The molecule has 1 heterocycles. The maximum Gasteiger partial charge on any atom is 0.325 e. The fourth-order valence-electron chi connectivity index (χ4n) is 3.58. The molecule has 3 rings (SSSR count). The maximum atomic E-state index is 13.1. The molecule has 0 spiro atoms. The van der Waals surface area contributed by atoms with E-state index in [1.165, 1.54) is 12.1 Å². The number of hydrogen-bond acceptors (Lipinski definition) is 4. The highest BCUT2D eigenvalue weighted by Gasteiger charge is 2.29. The molecule has 1 fully saturated rings. The molecule has 0 aliphatic carbocycles. The first kappa shape index (κ1) is 19.3. The summed E-state index contributed by atoms with van der Waals surface area (Å²) in [6.07, 6.45) is 0.884. The minimum Gasteiger partial charge on any atom is -0.497 e. The van der Waals surface area contributed by atoms with Crippen molar-refractivity contribution in [2.75, 3.05) is 33.3 Å². The number of carboxylic acids is 1. The molecule has 1 atom stereocenters. The molecule has 1 aliphatic rings. The SMILES string of the molecule is COc1cccc(C(C(=O)O)N2CCCN(Cc3ccc(F)cc3)CC2)c1. The molecular formula is C21H25FN2O3. The van der Waals surface area contributed by atoms with Crippen molar-refractivity contribution in [3.8, 4) is 5.75 Å². The van der Waals surface area contributed by atoms with Crippen LogP contribution in [0.3, 0.4) is 0 Å². The van der Waals surface area contributed by atoms with Crippen LogP contribution >= 0.6 is 0 Å². The highest BCUT2D eigenvalue weighted by molar-refractivity contribution is 5.75. The first-order valence-electron chi connectivity index (χ1n) is 9.14. The second-order valence-electron chi connectivity index (χ2n) is 6.81. The van der Waals surface area contributed by atoms with Crippen LogP contribution in [0.2, 0.25) is 0 Å². The lowest BCUT2D eigenvalue weighted by Gasteiger charge is -2.28. The van der Waals surface area contributed by atoms with Crippen molar-refractivity contribution in [2.24, 2.45) is 0 Å². The van der Waals surface area contributed by atoms with Crippen molar-refractivity contribution < 1.29 is 19.0 Å². The van der Waals surface area contributed by atoms with Gasteiger partial charge in [-0.2, -0.15) is 0 Å². The van der Waals surface area contributed by atoms with E-state index >= 15 is 0 Å². The zero-order chi connectivity index (χ0) is 19.2. The molecule has 0 radical (unpaired) electrons. The number of nitrogens with zero attached hydrogens (tertiary/aromatic N) is 2. The number of hydrogen-bond donors (Lipinski definition) is 1. The summed E-state index contributed by atoms with van der Waals surface area (Å²) in [6.45, 7) is 3.78. The van der Waals surface area contributed by atoms with E-state index < -0.39 is 12.0 Å². The molecule has 1 aliphatic heterocycles. The highest BCUT2D eigenvalue weighted by atomic mass is 19.1. The molecule has 27 heavy (non-hydrogen) atoms. The van der Waals surface area contributed by atoms with Crippen molar-refractivity contribution in [1.82, 2.24) is 9.80 Å². The number of halogens is 1. The summed E-state index contributed by atoms with van der Waals surface area (Å²) in [4.78, 5) is 16.3. The smallest absolute Gasteiger partial charge is 0.325 e. The average Bonchev–Trinajstić information content (AvgIpc) is 2.89. The van der Waals surface area contributed by atoms with E-state index in [-0.39, 0.29) is 5.82 Å². The van der Waals surface area contributed by atoms with E-state index in [0.717, 1.165) is 37.2 Å². The van der Waals surface area contributed by atoms with Crippen LogP contribution in [0.4, 0.5) is 4.39 Å². The van der Waals surface area contributed by atoms with Crippen molar-refractivity contribution in [3.05, 3.63) is 65.5 Å². The molecule has 0 amide bonds. The Morgan fingerprint density at radius 2 is 1.93 bits per heavy atom. The molecule has 0 aromatic heterocycles. The average molecular weight is 372 g/mol. The quantitative estimate of drug-likeness (QED) is 0.844.